The number of benzene rings is 2. The summed E-state index contributed by atoms with van der Waals surface area (Å²) in [6.07, 6.45) is 1.49. The van der Waals surface area contributed by atoms with Crippen molar-refractivity contribution in [1.29, 1.82) is 0 Å². The summed E-state index contributed by atoms with van der Waals surface area (Å²) in [4.78, 5) is 32.6. The van der Waals surface area contributed by atoms with E-state index in [4.69, 9.17) is 0 Å². The Morgan fingerprint density at radius 2 is 1.81 bits per heavy atom. The number of nitrogens with one attached hydrogen (secondary N) is 2. The van der Waals surface area contributed by atoms with Gasteiger partial charge in [0, 0.05) is 11.1 Å². The number of carbonyl (C=O) groups excluding carboxylic acids is 2. The fourth-order valence-corrected chi connectivity index (χ4v) is 3.36. The van der Waals surface area contributed by atoms with Crippen LogP contribution >= 0.6 is 11.8 Å². The van der Waals surface area contributed by atoms with Crippen molar-refractivity contribution in [3.63, 3.8) is 0 Å². The highest BCUT2D eigenvalue weighted by molar-refractivity contribution is 8.00. The molecule has 0 saturated carbocycles. The van der Waals surface area contributed by atoms with Crippen LogP contribution in [0, 0.1) is 13.8 Å². The second-order valence-corrected chi connectivity index (χ2v) is 7.02. The number of hydrogen-bond donors (Lipinski definition) is 2. The molecule has 1 aromatic heterocycles. The molecule has 2 amide bonds. The third-order valence-corrected chi connectivity index (χ3v) is 5.18. The van der Waals surface area contributed by atoms with E-state index < -0.39 is 0 Å². The van der Waals surface area contributed by atoms with Crippen LogP contribution in [0.2, 0.25) is 0 Å². The number of aryl methyl sites for hydroxylation is 1. The van der Waals surface area contributed by atoms with Crippen molar-refractivity contribution >= 4 is 40.2 Å². The van der Waals surface area contributed by atoms with E-state index in [2.05, 4.69) is 20.6 Å². The Balaban J connectivity index is 1.51. The predicted molar refractivity (Wildman–Crippen MR) is 108 cm³/mol. The van der Waals surface area contributed by atoms with Crippen LogP contribution in [0.1, 0.15) is 11.1 Å². The lowest BCUT2D eigenvalue weighted by Crippen LogP contribution is -2.34. The average Bonchev–Trinajstić information content (AvgIpc) is 2.68. The smallest absolute Gasteiger partial charge is 0.243 e. The first-order valence-electron chi connectivity index (χ1n) is 8.50. The molecule has 0 radical (unpaired) electrons. The number of thioether (sulfide) groups is 1. The molecule has 0 atom stereocenters. The van der Waals surface area contributed by atoms with Gasteiger partial charge in [0.2, 0.25) is 11.8 Å². The van der Waals surface area contributed by atoms with Gasteiger partial charge in [-0.05, 0) is 37.1 Å². The van der Waals surface area contributed by atoms with E-state index in [9.17, 15) is 9.59 Å². The number of nitrogens with zero attached hydrogens (tertiary/aromatic N) is 2. The molecule has 0 aliphatic carbocycles. The van der Waals surface area contributed by atoms with Crippen LogP contribution in [-0.2, 0) is 9.59 Å². The lowest BCUT2D eigenvalue weighted by Gasteiger charge is -2.11. The molecule has 0 bridgehead atoms. The molecule has 7 heteroatoms. The third kappa shape index (κ3) is 4.83. The van der Waals surface area contributed by atoms with Gasteiger partial charge in [0.1, 0.15) is 11.4 Å². The zero-order valence-electron chi connectivity index (χ0n) is 15.2. The summed E-state index contributed by atoms with van der Waals surface area (Å²) in [6.45, 7) is 3.87. The van der Waals surface area contributed by atoms with Gasteiger partial charge in [-0.3, -0.25) is 9.59 Å². The topological polar surface area (TPSA) is 84.0 Å². The molecule has 0 spiro atoms. The van der Waals surface area contributed by atoms with Gasteiger partial charge in [-0.25, -0.2) is 9.97 Å². The van der Waals surface area contributed by atoms with E-state index in [1.54, 1.807) is 0 Å². The van der Waals surface area contributed by atoms with Gasteiger partial charge in [-0.1, -0.05) is 42.1 Å². The zero-order valence-corrected chi connectivity index (χ0v) is 16.0. The highest BCUT2D eigenvalue weighted by Gasteiger charge is 2.10. The molecule has 0 aliphatic rings. The van der Waals surface area contributed by atoms with E-state index in [1.807, 2.05) is 56.3 Å². The second kappa shape index (κ2) is 8.64. The number of amides is 2. The van der Waals surface area contributed by atoms with Crippen molar-refractivity contribution in [2.45, 2.75) is 18.9 Å². The van der Waals surface area contributed by atoms with E-state index in [0.29, 0.717) is 0 Å². The predicted octanol–water partition coefficient (Wildman–Crippen LogP) is 3.09. The molecule has 138 valence electrons. The monoisotopic (exact) mass is 380 g/mol. The van der Waals surface area contributed by atoms with Gasteiger partial charge in [0.15, 0.2) is 0 Å². The quantitative estimate of drug-likeness (QED) is 0.507. The first-order valence-corrected chi connectivity index (χ1v) is 9.48. The number of aromatic nitrogens is 2. The Kier molecular flexibility index (Phi) is 6.03. The molecule has 0 fully saturated rings. The van der Waals surface area contributed by atoms with Crippen LogP contribution in [0.4, 0.5) is 5.69 Å². The summed E-state index contributed by atoms with van der Waals surface area (Å²) in [7, 11) is 0. The highest BCUT2D eigenvalue weighted by atomic mass is 32.2. The normalized spacial score (nSPS) is 10.6. The van der Waals surface area contributed by atoms with Gasteiger partial charge in [-0.2, -0.15) is 0 Å². The lowest BCUT2D eigenvalue weighted by molar-refractivity contribution is -0.122. The van der Waals surface area contributed by atoms with Crippen molar-refractivity contribution in [2.24, 2.45) is 0 Å². The summed E-state index contributed by atoms with van der Waals surface area (Å²) in [5, 5.41) is 7.12. The van der Waals surface area contributed by atoms with Gasteiger partial charge in [0.25, 0.3) is 0 Å². The molecular weight excluding hydrogens is 360 g/mol. The fourth-order valence-electron chi connectivity index (χ4n) is 2.54. The average molecular weight is 380 g/mol. The molecule has 27 heavy (non-hydrogen) atoms. The minimum absolute atomic E-state index is 0.0721. The number of anilines is 1. The molecule has 1 heterocycles. The van der Waals surface area contributed by atoms with Crippen LogP contribution in [0.15, 0.2) is 53.8 Å². The molecule has 2 N–H and O–H groups in total. The zero-order chi connectivity index (χ0) is 19.2. The molecule has 0 unspecified atom stereocenters. The minimum Gasteiger partial charge on any atom is -0.346 e. The second-order valence-electron chi connectivity index (χ2n) is 6.06. The maximum atomic E-state index is 12.1. The van der Waals surface area contributed by atoms with Crippen molar-refractivity contribution in [2.75, 3.05) is 17.6 Å². The van der Waals surface area contributed by atoms with Crippen molar-refractivity contribution < 1.29 is 9.59 Å². The number of carbonyl (C=O) groups is 2. The largest absolute Gasteiger partial charge is 0.346 e. The Morgan fingerprint density at radius 1 is 1.00 bits per heavy atom. The standard InChI is InChI=1S/C20H20N4O2S/c1-13-6-5-9-16(14(13)2)24-18(25)10-21-19(26)11-27-20-15-7-3-4-8-17(15)22-12-23-20/h3-9,12H,10-11H2,1-2H3,(H,21,26)(H,24,25). The molecule has 6 nitrogen and oxygen atoms in total. The summed E-state index contributed by atoms with van der Waals surface area (Å²) in [5.41, 5.74) is 3.72. The maximum absolute atomic E-state index is 12.1. The summed E-state index contributed by atoms with van der Waals surface area (Å²) in [6, 6.07) is 13.4. The van der Waals surface area contributed by atoms with E-state index in [1.165, 1.54) is 18.1 Å². The number of hydrogen-bond acceptors (Lipinski definition) is 5. The van der Waals surface area contributed by atoms with Gasteiger partial charge in [-0.15, -0.1) is 0 Å². The molecule has 3 aromatic rings. The Labute approximate surface area is 161 Å². The number of para-hydroxylation sites is 1. The summed E-state index contributed by atoms with van der Waals surface area (Å²) in [5.74, 6) is -0.300. The Bertz CT molecular complexity index is 985. The number of rotatable bonds is 6. The summed E-state index contributed by atoms with van der Waals surface area (Å²) >= 11 is 1.32. The minimum atomic E-state index is -0.255. The highest BCUT2D eigenvalue weighted by Crippen LogP contribution is 2.23. The molecular formula is C20H20N4O2S. The molecule has 2 aromatic carbocycles. The Hall–Kier alpha value is -2.93. The molecule has 0 aliphatic heterocycles. The summed E-state index contributed by atoms with van der Waals surface area (Å²) < 4.78 is 0. The molecule has 3 rings (SSSR count). The first-order chi connectivity index (χ1) is 13.0. The van der Waals surface area contributed by atoms with Crippen molar-refractivity contribution in [1.82, 2.24) is 15.3 Å². The van der Waals surface area contributed by atoms with E-state index in [-0.39, 0.29) is 24.1 Å². The SMILES string of the molecule is Cc1cccc(NC(=O)CNC(=O)CSc2ncnc3ccccc23)c1C. The van der Waals surface area contributed by atoms with Crippen molar-refractivity contribution in [3.8, 4) is 0 Å². The van der Waals surface area contributed by atoms with Crippen LogP contribution in [-0.4, -0.2) is 34.1 Å². The van der Waals surface area contributed by atoms with Gasteiger partial charge in [0.05, 0.1) is 17.8 Å². The first kappa shape index (κ1) is 18.8. The van der Waals surface area contributed by atoms with Crippen LogP contribution in [0.5, 0.6) is 0 Å². The van der Waals surface area contributed by atoms with Crippen molar-refractivity contribution in [3.05, 3.63) is 59.9 Å². The van der Waals surface area contributed by atoms with Crippen LogP contribution in [0.25, 0.3) is 10.9 Å². The van der Waals surface area contributed by atoms with E-state index in [0.717, 1.165) is 32.7 Å². The third-order valence-electron chi connectivity index (χ3n) is 4.17. The van der Waals surface area contributed by atoms with Crippen LogP contribution < -0.4 is 10.6 Å². The van der Waals surface area contributed by atoms with Crippen LogP contribution in [0.3, 0.4) is 0 Å². The Morgan fingerprint density at radius 3 is 2.67 bits per heavy atom. The fraction of sp³-hybridized carbons (Fsp3) is 0.200. The maximum Gasteiger partial charge on any atom is 0.243 e. The lowest BCUT2D eigenvalue weighted by atomic mass is 10.1. The molecule has 0 saturated heterocycles. The number of fused-ring (bicyclic) bond motifs is 1. The van der Waals surface area contributed by atoms with Gasteiger partial charge < -0.3 is 10.6 Å². The van der Waals surface area contributed by atoms with Gasteiger partial charge >= 0.3 is 0 Å². The van der Waals surface area contributed by atoms with E-state index >= 15 is 0 Å².